The van der Waals surface area contributed by atoms with Crippen LogP contribution in [0.3, 0.4) is 0 Å². The minimum atomic E-state index is -0.506. The van der Waals surface area contributed by atoms with Gasteiger partial charge in [0.25, 0.3) is 5.91 Å². The first kappa shape index (κ1) is 22.4. The van der Waals surface area contributed by atoms with Crippen LogP contribution >= 0.6 is 11.3 Å². The molecule has 0 aliphatic heterocycles. The van der Waals surface area contributed by atoms with Gasteiger partial charge in [0.05, 0.1) is 18.8 Å². The zero-order valence-corrected chi connectivity index (χ0v) is 17.4. The summed E-state index contributed by atoms with van der Waals surface area (Å²) in [5.74, 6) is -0.744. The number of hydrogen-bond donors (Lipinski definition) is 1. The Labute approximate surface area is 174 Å². The SMILES string of the molecule is CCOC(=O)c1cc(CC)sc1NC(=O)COC(=O)CCCOc1ccccc1. The molecule has 7 nitrogen and oxygen atoms in total. The van der Waals surface area contributed by atoms with Gasteiger partial charge in [0, 0.05) is 11.3 Å². The van der Waals surface area contributed by atoms with Crippen LogP contribution in [-0.2, 0) is 25.5 Å². The maximum absolute atomic E-state index is 12.1. The summed E-state index contributed by atoms with van der Waals surface area (Å²) in [7, 11) is 0. The summed E-state index contributed by atoms with van der Waals surface area (Å²) in [5, 5.41) is 3.03. The van der Waals surface area contributed by atoms with Gasteiger partial charge in [-0.1, -0.05) is 25.1 Å². The van der Waals surface area contributed by atoms with Crippen LogP contribution < -0.4 is 10.1 Å². The summed E-state index contributed by atoms with van der Waals surface area (Å²) >= 11 is 1.30. The fourth-order valence-electron chi connectivity index (χ4n) is 2.37. The number of aryl methyl sites for hydroxylation is 1. The zero-order valence-electron chi connectivity index (χ0n) is 16.6. The third-order valence-corrected chi connectivity index (χ3v) is 4.98. The van der Waals surface area contributed by atoms with Gasteiger partial charge in [-0.15, -0.1) is 11.3 Å². The molecule has 8 heteroatoms. The molecular formula is C21H25NO6S. The number of benzene rings is 1. The van der Waals surface area contributed by atoms with E-state index in [2.05, 4.69) is 5.32 Å². The molecule has 0 saturated carbocycles. The van der Waals surface area contributed by atoms with E-state index in [1.807, 2.05) is 37.3 Å². The summed E-state index contributed by atoms with van der Waals surface area (Å²) in [6.45, 7) is 3.88. The predicted octanol–water partition coefficient (Wildman–Crippen LogP) is 3.83. The van der Waals surface area contributed by atoms with Crippen LogP contribution in [0.25, 0.3) is 0 Å². The molecule has 0 saturated heterocycles. The Morgan fingerprint density at radius 2 is 1.83 bits per heavy atom. The molecule has 0 unspecified atom stereocenters. The van der Waals surface area contributed by atoms with Crippen LogP contribution in [-0.4, -0.2) is 37.7 Å². The van der Waals surface area contributed by atoms with Crippen molar-refractivity contribution in [3.05, 3.63) is 46.8 Å². The predicted molar refractivity (Wildman–Crippen MR) is 110 cm³/mol. The molecule has 1 N–H and O–H groups in total. The van der Waals surface area contributed by atoms with Gasteiger partial charge in [-0.3, -0.25) is 9.59 Å². The normalized spacial score (nSPS) is 10.3. The lowest BCUT2D eigenvalue weighted by Crippen LogP contribution is -2.21. The van der Waals surface area contributed by atoms with E-state index < -0.39 is 24.5 Å². The molecular weight excluding hydrogens is 394 g/mol. The third kappa shape index (κ3) is 7.57. The zero-order chi connectivity index (χ0) is 21.1. The van der Waals surface area contributed by atoms with Crippen molar-refractivity contribution in [3.8, 4) is 5.75 Å². The van der Waals surface area contributed by atoms with Crippen LogP contribution in [0.5, 0.6) is 5.75 Å². The number of hydrogen-bond acceptors (Lipinski definition) is 7. The molecule has 1 heterocycles. The monoisotopic (exact) mass is 419 g/mol. The fraction of sp³-hybridized carbons (Fsp3) is 0.381. The summed E-state index contributed by atoms with van der Waals surface area (Å²) in [4.78, 5) is 36.9. The summed E-state index contributed by atoms with van der Waals surface area (Å²) in [5.41, 5.74) is 0.312. The number of rotatable bonds is 11. The van der Waals surface area contributed by atoms with Crippen LogP contribution in [0, 0.1) is 0 Å². The Hall–Kier alpha value is -2.87. The summed E-state index contributed by atoms with van der Waals surface area (Å²) in [6, 6.07) is 11.0. The van der Waals surface area contributed by atoms with E-state index in [9.17, 15) is 14.4 Å². The van der Waals surface area contributed by atoms with Crippen molar-refractivity contribution in [3.63, 3.8) is 0 Å². The number of ether oxygens (including phenoxy) is 3. The Kier molecular flexibility index (Phi) is 9.17. The second kappa shape index (κ2) is 11.9. The molecule has 0 fully saturated rings. The van der Waals surface area contributed by atoms with Gasteiger partial charge in [0.15, 0.2) is 6.61 Å². The fourth-order valence-corrected chi connectivity index (χ4v) is 3.37. The molecule has 1 aromatic heterocycles. The van der Waals surface area contributed by atoms with Gasteiger partial charge >= 0.3 is 11.9 Å². The van der Waals surface area contributed by atoms with E-state index in [0.29, 0.717) is 23.6 Å². The molecule has 2 aromatic rings. The quantitative estimate of drug-likeness (QED) is 0.440. The molecule has 29 heavy (non-hydrogen) atoms. The van der Waals surface area contributed by atoms with E-state index in [-0.39, 0.29) is 13.0 Å². The molecule has 0 radical (unpaired) electrons. The number of anilines is 1. The van der Waals surface area contributed by atoms with Crippen molar-refractivity contribution < 1.29 is 28.6 Å². The number of carbonyl (C=O) groups is 3. The Bertz CT molecular complexity index is 818. The first-order valence-electron chi connectivity index (χ1n) is 9.46. The lowest BCUT2D eigenvalue weighted by Gasteiger charge is -2.08. The number of thiophene rings is 1. The molecule has 0 atom stereocenters. The standard InChI is InChI=1S/C21H25NO6S/c1-3-16-13-17(21(25)26-4-2)20(29-16)22-18(23)14-28-19(24)11-8-12-27-15-9-6-5-7-10-15/h5-7,9-10,13H,3-4,8,11-12,14H2,1-2H3,(H,22,23). The van der Waals surface area contributed by atoms with Crippen LogP contribution in [0.4, 0.5) is 5.00 Å². The molecule has 0 bridgehead atoms. The Morgan fingerprint density at radius 3 is 2.52 bits per heavy atom. The van der Waals surface area contributed by atoms with Crippen molar-refractivity contribution in [1.29, 1.82) is 0 Å². The maximum atomic E-state index is 12.1. The second-order valence-electron chi connectivity index (χ2n) is 6.00. The first-order chi connectivity index (χ1) is 14.0. The second-order valence-corrected chi connectivity index (χ2v) is 7.14. The van der Waals surface area contributed by atoms with E-state index in [0.717, 1.165) is 17.0 Å². The average molecular weight is 419 g/mol. The smallest absolute Gasteiger partial charge is 0.341 e. The van der Waals surface area contributed by atoms with Gasteiger partial charge in [0.2, 0.25) is 0 Å². The molecule has 0 aliphatic rings. The molecule has 156 valence electrons. The highest BCUT2D eigenvalue weighted by Crippen LogP contribution is 2.29. The van der Waals surface area contributed by atoms with Gasteiger partial charge < -0.3 is 19.5 Å². The molecule has 1 amide bonds. The van der Waals surface area contributed by atoms with Crippen molar-refractivity contribution >= 4 is 34.2 Å². The third-order valence-electron chi connectivity index (χ3n) is 3.78. The summed E-state index contributed by atoms with van der Waals surface area (Å²) in [6.07, 6.45) is 1.35. The largest absolute Gasteiger partial charge is 0.494 e. The van der Waals surface area contributed by atoms with E-state index in [1.165, 1.54) is 11.3 Å². The lowest BCUT2D eigenvalue weighted by molar-refractivity contribution is -0.147. The average Bonchev–Trinajstić information content (AvgIpc) is 3.13. The highest BCUT2D eigenvalue weighted by Gasteiger charge is 2.19. The number of esters is 2. The summed E-state index contributed by atoms with van der Waals surface area (Å²) < 4.78 is 15.5. The van der Waals surface area contributed by atoms with Crippen LogP contribution in [0.15, 0.2) is 36.4 Å². The van der Waals surface area contributed by atoms with Gasteiger partial charge in [-0.25, -0.2) is 4.79 Å². The van der Waals surface area contributed by atoms with E-state index in [1.54, 1.807) is 13.0 Å². The molecule has 0 spiro atoms. The lowest BCUT2D eigenvalue weighted by atomic mass is 10.2. The topological polar surface area (TPSA) is 90.9 Å². The van der Waals surface area contributed by atoms with E-state index in [4.69, 9.17) is 14.2 Å². The maximum Gasteiger partial charge on any atom is 0.341 e. The Morgan fingerprint density at radius 1 is 1.07 bits per heavy atom. The van der Waals surface area contributed by atoms with Crippen molar-refractivity contribution in [2.75, 3.05) is 25.1 Å². The number of amides is 1. The van der Waals surface area contributed by atoms with Gasteiger partial charge in [-0.2, -0.15) is 0 Å². The first-order valence-corrected chi connectivity index (χ1v) is 10.3. The van der Waals surface area contributed by atoms with Crippen LogP contribution in [0.1, 0.15) is 41.9 Å². The number of para-hydroxylation sites is 1. The Balaban J connectivity index is 1.74. The van der Waals surface area contributed by atoms with E-state index >= 15 is 0 Å². The van der Waals surface area contributed by atoms with Crippen molar-refractivity contribution in [2.24, 2.45) is 0 Å². The van der Waals surface area contributed by atoms with Crippen LogP contribution in [0.2, 0.25) is 0 Å². The highest BCUT2D eigenvalue weighted by molar-refractivity contribution is 7.16. The minimum Gasteiger partial charge on any atom is -0.494 e. The molecule has 0 aliphatic carbocycles. The van der Waals surface area contributed by atoms with Gasteiger partial charge in [-0.05, 0) is 38.0 Å². The number of nitrogens with one attached hydrogen (secondary N) is 1. The van der Waals surface area contributed by atoms with Gasteiger partial charge in [0.1, 0.15) is 10.8 Å². The highest BCUT2D eigenvalue weighted by atomic mass is 32.1. The molecule has 2 rings (SSSR count). The number of carbonyl (C=O) groups excluding carboxylic acids is 3. The van der Waals surface area contributed by atoms with Crippen molar-refractivity contribution in [2.45, 2.75) is 33.1 Å². The minimum absolute atomic E-state index is 0.146. The molecule has 1 aromatic carbocycles. The van der Waals surface area contributed by atoms with Crippen molar-refractivity contribution in [1.82, 2.24) is 0 Å².